The van der Waals surface area contributed by atoms with Gasteiger partial charge in [0.15, 0.2) is 0 Å². The predicted molar refractivity (Wildman–Crippen MR) is 89.9 cm³/mol. The van der Waals surface area contributed by atoms with E-state index in [9.17, 15) is 9.90 Å². The summed E-state index contributed by atoms with van der Waals surface area (Å²) < 4.78 is 5.25. The van der Waals surface area contributed by atoms with Crippen LogP contribution in [-0.2, 0) is 9.53 Å². The number of hydrogen-bond acceptors (Lipinski definition) is 3. The number of rotatable bonds is 9. The van der Waals surface area contributed by atoms with E-state index >= 15 is 0 Å². The third kappa shape index (κ3) is 13.3. The molecule has 0 bridgehead atoms. The molecule has 2 unspecified atom stereocenters. The quantitative estimate of drug-likeness (QED) is 0.402. The number of hydrogen-bond donors (Lipinski definition) is 1. The number of carbonyl (C=O) groups is 1. The summed E-state index contributed by atoms with van der Waals surface area (Å²) in [7, 11) is 0. The molecule has 22 heavy (non-hydrogen) atoms. The van der Waals surface area contributed by atoms with Gasteiger partial charge in [0.2, 0.25) is 0 Å². The topological polar surface area (TPSA) is 46.5 Å². The Bertz CT molecular complexity index is 443. The highest BCUT2D eigenvalue weighted by Crippen LogP contribution is 2.10. The second kappa shape index (κ2) is 14.2. The molecule has 0 aliphatic rings. The van der Waals surface area contributed by atoms with E-state index in [1.807, 2.05) is 6.92 Å². The van der Waals surface area contributed by atoms with Gasteiger partial charge in [-0.1, -0.05) is 51.4 Å². The van der Waals surface area contributed by atoms with E-state index in [0.717, 1.165) is 19.3 Å². The molecule has 0 amide bonds. The van der Waals surface area contributed by atoms with Gasteiger partial charge in [-0.3, -0.25) is 4.79 Å². The number of aliphatic hydroxyl groups is 1. The molecule has 2 atom stereocenters. The molecule has 1 N–H and O–H groups in total. The highest BCUT2D eigenvalue weighted by Gasteiger charge is 2.07. The molecule has 0 fully saturated rings. The highest BCUT2D eigenvalue weighted by molar-refractivity contribution is 5.66. The van der Waals surface area contributed by atoms with Crippen molar-refractivity contribution < 1.29 is 14.6 Å². The first-order chi connectivity index (χ1) is 10.6. The lowest BCUT2D eigenvalue weighted by Crippen LogP contribution is -2.13. The average Bonchev–Trinajstić information content (AvgIpc) is 2.49. The third-order valence-electron chi connectivity index (χ3n) is 3.06. The van der Waals surface area contributed by atoms with Crippen LogP contribution in [0, 0.1) is 23.7 Å². The van der Waals surface area contributed by atoms with Crippen LogP contribution in [0.15, 0.2) is 12.2 Å². The molecular weight excluding hydrogens is 276 g/mol. The van der Waals surface area contributed by atoms with Crippen LogP contribution < -0.4 is 0 Å². The van der Waals surface area contributed by atoms with E-state index < -0.39 is 6.10 Å². The summed E-state index contributed by atoms with van der Waals surface area (Å²) in [6.07, 6.45) is 9.93. The summed E-state index contributed by atoms with van der Waals surface area (Å²) >= 11 is 0. The van der Waals surface area contributed by atoms with Crippen LogP contribution in [0.25, 0.3) is 0 Å². The van der Waals surface area contributed by atoms with Gasteiger partial charge in [0.1, 0.15) is 12.2 Å². The fraction of sp³-hybridized carbons (Fsp3) is 0.632. The lowest BCUT2D eigenvalue weighted by atomic mass is 10.1. The fourth-order valence-corrected chi connectivity index (χ4v) is 1.81. The highest BCUT2D eigenvalue weighted by atomic mass is 16.5. The third-order valence-corrected chi connectivity index (χ3v) is 3.06. The Balaban J connectivity index is 4.27. The van der Waals surface area contributed by atoms with Crippen LogP contribution in [0.2, 0.25) is 0 Å². The van der Waals surface area contributed by atoms with E-state index in [1.54, 1.807) is 12.2 Å². The van der Waals surface area contributed by atoms with Gasteiger partial charge in [-0.2, -0.15) is 0 Å². The second-order valence-corrected chi connectivity index (χ2v) is 5.17. The van der Waals surface area contributed by atoms with Crippen LogP contribution >= 0.6 is 0 Å². The Hall–Kier alpha value is -1.71. The van der Waals surface area contributed by atoms with Crippen LogP contribution in [0.1, 0.15) is 65.7 Å². The molecule has 0 aromatic heterocycles. The smallest absolute Gasteiger partial charge is 0.303 e. The monoisotopic (exact) mass is 304 g/mol. The summed E-state index contributed by atoms with van der Waals surface area (Å²) in [5.41, 5.74) is 0. The minimum Gasteiger partial charge on any atom is -0.458 e. The van der Waals surface area contributed by atoms with Gasteiger partial charge in [-0.15, -0.1) is 0 Å². The molecule has 0 aliphatic carbocycles. The normalized spacial score (nSPS) is 12.7. The largest absolute Gasteiger partial charge is 0.458 e. The number of aliphatic hydroxyl groups excluding tert-OH is 1. The van der Waals surface area contributed by atoms with Crippen LogP contribution in [0.4, 0.5) is 0 Å². The zero-order valence-electron chi connectivity index (χ0n) is 14.0. The molecule has 0 heterocycles. The van der Waals surface area contributed by atoms with Crippen LogP contribution in [0.3, 0.4) is 0 Å². The minimum absolute atomic E-state index is 0.220. The molecule has 0 spiro atoms. The molecule has 0 saturated carbocycles. The van der Waals surface area contributed by atoms with Crippen molar-refractivity contribution in [2.24, 2.45) is 0 Å². The van der Waals surface area contributed by atoms with E-state index in [1.165, 1.54) is 26.2 Å². The molecule has 0 aromatic carbocycles. The van der Waals surface area contributed by atoms with E-state index in [0.29, 0.717) is 6.42 Å². The first-order valence-electron chi connectivity index (χ1n) is 8.13. The number of carbonyl (C=O) groups excluding carboxylic acids is 1. The minimum atomic E-state index is -0.616. The molecule has 0 aromatic rings. The lowest BCUT2D eigenvalue weighted by molar-refractivity contribution is -0.144. The Morgan fingerprint density at radius 1 is 1.18 bits per heavy atom. The van der Waals surface area contributed by atoms with Crippen molar-refractivity contribution in [2.45, 2.75) is 77.9 Å². The summed E-state index contributed by atoms with van der Waals surface area (Å²) in [6.45, 7) is 5.46. The molecule has 0 radical (unpaired) electrons. The van der Waals surface area contributed by atoms with Crippen LogP contribution in [0.5, 0.6) is 0 Å². The van der Waals surface area contributed by atoms with Crippen molar-refractivity contribution in [1.82, 2.24) is 0 Å². The first kappa shape index (κ1) is 20.3. The standard InChI is InChI=1S/C19H28O3/c1-4-6-7-8-12-15-19(22-17(3)20)16-13-10-9-11-14-18(21)5-2/h13,16,18-19,21H,4-8,12,15H2,1-3H3/b16-13+. The van der Waals surface area contributed by atoms with Gasteiger partial charge in [-0.25, -0.2) is 0 Å². The van der Waals surface area contributed by atoms with Gasteiger partial charge >= 0.3 is 5.97 Å². The van der Waals surface area contributed by atoms with Crippen molar-refractivity contribution in [3.8, 4) is 23.7 Å². The maximum atomic E-state index is 11.1. The van der Waals surface area contributed by atoms with Gasteiger partial charge in [0, 0.05) is 6.92 Å². The summed E-state index contributed by atoms with van der Waals surface area (Å²) in [4.78, 5) is 11.1. The predicted octanol–water partition coefficient (Wildman–Crippen LogP) is 3.61. The van der Waals surface area contributed by atoms with Crippen molar-refractivity contribution >= 4 is 5.97 Å². The molecule has 3 heteroatoms. The fourth-order valence-electron chi connectivity index (χ4n) is 1.81. The van der Waals surface area contributed by atoms with Crippen LogP contribution in [-0.4, -0.2) is 23.3 Å². The van der Waals surface area contributed by atoms with Crippen molar-refractivity contribution in [1.29, 1.82) is 0 Å². The van der Waals surface area contributed by atoms with E-state index in [4.69, 9.17) is 4.74 Å². The van der Waals surface area contributed by atoms with Crippen molar-refractivity contribution in [3.05, 3.63) is 12.2 Å². The van der Waals surface area contributed by atoms with Gasteiger partial charge < -0.3 is 9.84 Å². The maximum absolute atomic E-state index is 11.1. The zero-order chi connectivity index (χ0) is 16.6. The van der Waals surface area contributed by atoms with Gasteiger partial charge in [0.05, 0.1) is 0 Å². The Kier molecular flexibility index (Phi) is 13.1. The van der Waals surface area contributed by atoms with E-state index in [-0.39, 0.29) is 12.1 Å². The molecular formula is C19H28O3. The molecule has 122 valence electrons. The van der Waals surface area contributed by atoms with Gasteiger partial charge in [-0.05, 0) is 43.3 Å². The summed E-state index contributed by atoms with van der Waals surface area (Å²) in [6, 6.07) is 0. The number of esters is 1. The average molecular weight is 304 g/mol. The first-order valence-corrected chi connectivity index (χ1v) is 8.13. The Morgan fingerprint density at radius 2 is 1.91 bits per heavy atom. The Morgan fingerprint density at radius 3 is 2.55 bits per heavy atom. The number of allylic oxidation sites excluding steroid dienone is 1. The van der Waals surface area contributed by atoms with Crippen molar-refractivity contribution in [2.75, 3.05) is 0 Å². The summed E-state index contributed by atoms with van der Waals surface area (Å²) in [5.74, 6) is 10.4. The number of ether oxygens (including phenoxy) is 1. The van der Waals surface area contributed by atoms with Gasteiger partial charge in [0.25, 0.3) is 0 Å². The molecule has 0 aliphatic heterocycles. The Labute approximate surface area is 135 Å². The molecule has 0 saturated heterocycles. The SMILES string of the molecule is CCCCCCCC(/C=C/C#CC#CC(O)CC)OC(C)=O. The summed E-state index contributed by atoms with van der Waals surface area (Å²) in [5, 5.41) is 9.24. The van der Waals surface area contributed by atoms with E-state index in [2.05, 4.69) is 30.6 Å². The maximum Gasteiger partial charge on any atom is 0.303 e. The molecule has 0 rings (SSSR count). The number of unbranched alkanes of at least 4 members (excludes halogenated alkanes) is 4. The molecule has 3 nitrogen and oxygen atoms in total. The second-order valence-electron chi connectivity index (χ2n) is 5.17. The van der Waals surface area contributed by atoms with Crippen molar-refractivity contribution in [3.63, 3.8) is 0 Å². The zero-order valence-corrected chi connectivity index (χ0v) is 14.0. The lowest BCUT2D eigenvalue weighted by Gasteiger charge is -2.12.